The molecule has 244 valence electrons. The van der Waals surface area contributed by atoms with E-state index in [1.807, 2.05) is 0 Å². The van der Waals surface area contributed by atoms with Crippen LogP contribution in [-0.4, -0.2) is 0 Å². The van der Waals surface area contributed by atoms with E-state index < -0.39 is 0 Å². The normalized spacial score (nSPS) is 11.5. The summed E-state index contributed by atoms with van der Waals surface area (Å²) < 4.78 is 6.67. The minimum absolute atomic E-state index is 0.882. The Morgan fingerprint density at radius 1 is 0.346 bits per heavy atom. The zero-order valence-electron chi connectivity index (χ0n) is 28.4. The molecule has 0 unspecified atom stereocenters. The van der Waals surface area contributed by atoms with Gasteiger partial charge in [0.05, 0.1) is 11.4 Å². The van der Waals surface area contributed by atoms with E-state index in [4.69, 9.17) is 4.42 Å². The molecule has 0 aliphatic heterocycles. The van der Waals surface area contributed by atoms with Crippen molar-refractivity contribution in [1.82, 2.24) is 0 Å². The van der Waals surface area contributed by atoms with Gasteiger partial charge in [-0.1, -0.05) is 158 Å². The summed E-state index contributed by atoms with van der Waals surface area (Å²) in [6, 6.07) is 71.8. The standard InChI is InChI=1S/C50H33NO/c1-3-15-34(16-4-1)38-31-39(35-17-5-2-6-18-35)33-40(32-38)51(46-27-13-21-36-19-7-9-22-41(36)46)47-26-12-11-24-43(47)44-25-14-28-48-49(44)45-30-29-37-20-8-10-23-42(37)50(45)52-48/h1-33H. The summed E-state index contributed by atoms with van der Waals surface area (Å²) in [5.74, 6) is 0. The van der Waals surface area contributed by atoms with Crippen molar-refractivity contribution in [2.24, 2.45) is 0 Å². The molecule has 2 nitrogen and oxygen atoms in total. The molecule has 0 saturated carbocycles. The number of fused-ring (bicyclic) bond motifs is 6. The molecule has 10 aromatic rings. The number of hydrogen-bond donors (Lipinski definition) is 0. The zero-order valence-corrected chi connectivity index (χ0v) is 28.4. The molecule has 0 N–H and O–H groups in total. The van der Waals surface area contributed by atoms with E-state index in [2.05, 4.69) is 205 Å². The fourth-order valence-electron chi connectivity index (χ4n) is 7.82. The first-order chi connectivity index (χ1) is 25.8. The Morgan fingerprint density at radius 3 is 1.65 bits per heavy atom. The van der Waals surface area contributed by atoms with Crippen LogP contribution in [0, 0.1) is 0 Å². The average molecular weight is 664 g/mol. The first-order valence-corrected chi connectivity index (χ1v) is 17.8. The second kappa shape index (κ2) is 12.5. The molecule has 1 aromatic heterocycles. The zero-order chi connectivity index (χ0) is 34.4. The Labute approximate surface area is 302 Å². The second-order valence-corrected chi connectivity index (χ2v) is 13.3. The van der Waals surface area contributed by atoms with Gasteiger partial charge in [-0.3, -0.25) is 0 Å². The van der Waals surface area contributed by atoms with Crippen LogP contribution in [0.4, 0.5) is 17.1 Å². The van der Waals surface area contributed by atoms with Gasteiger partial charge in [0.1, 0.15) is 11.2 Å². The molecule has 9 aromatic carbocycles. The number of para-hydroxylation sites is 1. The molecule has 0 bridgehead atoms. The van der Waals surface area contributed by atoms with Gasteiger partial charge in [-0.15, -0.1) is 0 Å². The van der Waals surface area contributed by atoms with Crippen molar-refractivity contribution in [2.75, 3.05) is 4.90 Å². The van der Waals surface area contributed by atoms with Crippen LogP contribution in [0.1, 0.15) is 0 Å². The fourth-order valence-corrected chi connectivity index (χ4v) is 7.82. The molecular weight excluding hydrogens is 631 g/mol. The van der Waals surface area contributed by atoms with Gasteiger partial charge in [0.25, 0.3) is 0 Å². The van der Waals surface area contributed by atoms with E-state index in [0.717, 1.165) is 66.6 Å². The van der Waals surface area contributed by atoms with Crippen LogP contribution in [0.2, 0.25) is 0 Å². The highest BCUT2D eigenvalue weighted by molar-refractivity contribution is 6.20. The minimum Gasteiger partial charge on any atom is -0.455 e. The van der Waals surface area contributed by atoms with E-state index in [-0.39, 0.29) is 0 Å². The summed E-state index contributed by atoms with van der Waals surface area (Å²) in [4.78, 5) is 2.45. The van der Waals surface area contributed by atoms with Crippen LogP contribution in [0.3, 0.4) is 0 Å². The van der Waals surface area contributed by atoms with Crippen LogP contribution in [0.5, 0.6) is 0 Å². The van der Waals surface area contributed by atoms with Crippen molar-refractivity contribution in [1.29, 1.82) is 0 Å². The summed E-state index contributed by atoms with van der Waals surface area (Å²) >= 11 is 0. The summed E-state index contributed by atoms with van der Waals surface area (Å²) in [7, 11) is 0. The third-order valence-corrected chi connectivity index (χ3v) is 10.2. The Bertz CT molecular complexity index is 2840. The monoisotopic (exact) mass is 663 g/mol. The topological polar surface area (TPSA) is 16.4 Å². The first-order valence-electron chi connectivity index (χ1n) is 17.8. The number of hydrogen-bond acceptors (Lipinski definition) is 2. The third kappa shape index (κ3) is 5.04. The lowest BCUT2D eigenvalue weighted by molar-refractivity contribution is 0.673. The molecule has 0 atom stereocenters. The van der Waals surface area contributed by atoms with E-state index in [0.29, 0.717) is 0 Å². The molecular formula is C50H33NO. The first kappa shape index (κ1) is 30.0. The smallest absolute Gasteiger partial charge is 0.143 e. The van der Waals surface area contributed by atoms with Crippen LogP contribution in [-0.2, 0) is 0 Å². The van der Waals surface area contributed by atoms with Crippen LogP contribution < -0.4 is 4.90 Å². The average Bonchev–Trinajstić information content (AvgIpc) is 3.62. The Morgan fingerprint density at radius 2 is 0.904 bits per heavy atom. The predicted octanol–water partition coefficient (Wildman–Crippen LogP) is 14.4. The predicted molar refractivity (Wildman–Crippen MR) is 220 cm³/mol. The van der Waals surface area contributed by atoms with Gasteiger partial charge in [-0.25, -0.2) is 0 Å². The third-order valence-electron chi connectivity index (χ3n) is 10.2. The summed E-state index contributed by atoms with van der Waals surface area (Å²) in [5.41, 5.74) is 12.0. The molecule has 52 heavy (non-hydrogen) atoms. The van der Waals surface area contributed by atoms with Crippen molar-refractivity contribution >= 4 is 60.5 Å². The van der Waals surface area contributed by atoms with E-state index >= 15 is 0 Å². The van der Waals surface area contributed by atoms with Crippen molar-refractivity contribution in [3.8, 4) is 33.4 Å². The molecule has 0 aliphatic rings. The fraction of sp³-hybridized carbons (Fsp3) is 0. The van der Waals surface area contributed by atoms with Gasteiger partial charge in [-0.2, -0.15) is 0 Å². The van der Waals surface area contributed by atoms with E-state index in [9.17, 15) is 0 Å². The number of nitrogens with zero attached hydrogens (tertiary/aromatic N) is 1. The Hall–Kier alpha value is -6.90. The van der Waals surface area contributed by atoms with Crippen molar-refractivity contribution in [3.05, 3.63) is 200 Å². The van der Waals surface area contributed by atoms with Gasteiger partial charge < -0.3 is 9.32 Å². The number of rotatable bonds is 6. The molecule has 0 fully saturated rings. The highest BCUT2D eigenvalue weighted by Crippen LogP contribution is 2.48. The number of furan rings is 1. The van der Waals surface area contributed by atoms with Gasteiger partial charge in [0, 0.05) is 32.8 Å². The van der Waals surface area contributed by atoms with Crippen LogP contribution in [0.25, 0.3) is 76.9 Å². The van der Waals surface area contributed by atoms with E-state index in [1.165, 1.54) is 27.3 Å². The largest absolute Gasteiger partial charge is 0.455 e. The summed E-state index contributed by atoms with van der Waals surface area (Å²) in [5, 5.41) is 6.92. The van der Waals surface area contributed by atoms with Gasteiger partial charge in [-0.05, 0) is 81.1 Å². The molecule has 2 heteroatoms. The highest BCUT2D eigenvalue weighted by Gasteiger charge is 2.23. The maximum atomic E-state index is 6.67. The molecule has 10 rings (SSSR count). The lowest BCUT2D eigenvalue weighted by Crippen LogP contribution is -2.12. The number of benzene rings is 9. The molecule has 0 saturated heterocycles. The minimum atomic E-state index is 0.882. The SMILES string of the molecule is c1ccc(-c2cc(-c3ccccc3)cc(N(c3ccccc3-c3cccc4oc5c6ccccc6ccc5c34)c3cccc4ccccc34)c2)cc1. The van der Waals surface area contributed by atoms with Gasteiger partial charge in [0.15, 0.2) is 0 Å². The van der Waals surface area contributed by atoms with Crippen molar-refractivity contribution in [2.45, 2.75) is 0 Å². The maximum Gasteiger partial charge on any atom is 0.143 e. The quantitative estimate of drug-likeness (QED) is 0.176. The molecule has 0 spiro atoms. The van der Waals surface area contributed by atoms with Crippen LogP contribution in [0.15, 0.2) is 205 Å². The van der Waals surface area contributed by atoms with Crippen molar-refractivity contribution in [3.63, 3.8) is 0 Å². The van der Waals surface area contributed by atoms with Gasteiger partial charge >= 0.3 is 0 Å². The summed E-state index contributed by atoms with van der Waals surface area (Å²) in [6.45, 7) is 0. The van der Waals surface area contributed by atoms with Crippen LogP contribution >= 0.6 is 0 Å². The summed E-state index contributed by atoms with van der Waals surface area (Å²) in [6.07, 6.45) is 0. The lowest BCUT2D eigenvalue weighted by Gasteiger charge is -2.30. The highest BCUT2D eigenvalue weighted by atomic mass is 16.3. The lowest BCUT2D eigenvalue weighted by atomic mass is 9.94. The molecule has 1 heterocycles. The molecule has 0 aliphatic carbocycles. The molecule has 0 amide bonds. The Balaban J connectivity index is 1.28. The van der Waals surface area contributed by atoms with Gasteiger partial charge in [0.2, 0.25) is 0 Å². The number of anilines is 3. The molecule has 0 radical (unpaired) electrons. The second-order valence-electron chi connectivity index (χ2n) is 13.3. The van der Waals surface area contributed by atoms with Crippen molar-refractivity contribution < 1.29 is 4.42 Å². The maximum absolute atomic E-state index is 6.67. The van der Waals surface area contributed by atoms with E-state index in [1.54, 1.807) is 0 Å². The Kier molecular flexibility index (Phi) is 7.18.